The molecule has 586 valence electrons. The van der Waals surface area contributed by atoms with E-state index in [1.54, 1.807) is 0 Å². The van der Waals surface area contributed by atoms with Gasteiger partial charge in [-0.05, 0) is 135 Å². The summed E-state index contributed by atoms with van der Waals surface area (Å²) < 4.78 is 68.5. The van der Waals surface area contributed by atoms with Crippen LogP contribution in [0, 0.1) is 0 Å². The highest BCUT2D eigenvalue weighted by Crippen LogP contribution is 2.45. The van der Waals surface area contributed by atoms with Gasteiger partial charge in [0.15, 0.2) is 12.2 Å². The summed E-state index contributed by atoms with van der Waals surface area (Å²) in [6.45, 7) is 4.57. The molecular weight excluding hydrogens is 1330 g/mol. The first-order valence-corrected chi connectivity index (χ1v) is 42.8. The zero-order valence-corrected chi connectivity index (χ0v) is 65.8. The van der Waals surface area contributed by atoms with Crippen molar-refractivity contribution < 1.29 is 80.2 Å². The maximum atomic E-state index is 13.1. The third kappa shape index (κ3) is 73.8. The van der Waals surface area contributed by atoms with Crippen molar-refractivity contribution in [2.24, 2.45) is 0 Å². The third-order valence-electron chi connectivity index (χ3n) is 16.4. The van der Waals surface area contributed by atoms with E-state index in [-0.39, 0.29) is 25.7 Å². The zero-order valence-electron chi connectivity index (χ0n) is 64.0. The minimum absolute atomic E-state index is 0.0696. The number of carbonyl (C=O) groups excluding carboxylic acids is 4. The topological polar surface area (TPSA) is 237 Å². The first-order valence-electron chi connectivity index (χ1n) is 39.8. The van der Waals surface area contributed by atoms with E-state index in [1.807, 2.05) is 0 Å². The number of phosphoric ester groups is 2. The lowest BCUT2D eigenvalue weighted by molar-refractivity contribution is -0.161. The zero-order chi connectivity index (χ0) is 74.6. The molecule has 0 aliphatic rings. The first-order chi connectivity index (χ1) is 49.7. The van der Waals surface area contributed by atoms with Crippen molar-refractivity contribution in [2.75, 3.05) is 39.6 Å². The largest absolute Gasteiger partial charge is 0.472 e. The standard InChI is InChI=1S/C83H142O17P2/c1-5-9-13-17-21-25-29-32-35-37-38-40-43-45-49-52-56-60-64-68-81(86)94-74-79(100-83(88)70-66-62-58-54-50-46-41-34-31-27-23-19-15-11-7-3)76-98-102(91,92)96-72-77(84)71-95-101(89,90)97-75-78(99-82(87)69-65-61-57-53-47-28-24-20-16-12-8-4)73-93-80(85)67-63-59-55-51-48-44-42-39-36-33-30-26-22-18-14-10-6-2/h9-10,13-14,21-23,25-27,32-36,38,40-41,45,49,77-79,84H,5-8,11-12,15-20,24,28-31,37,39,42-44,46-48,50-76H2,1-4H3,(H,89,90)(H,91,92)/b13-9-,14-10-,25-21-,26-22-,27-23-,35-32-,36-33-,40-38-,41-34-,49-45-. The Morgan fingerprint density at radius 2 is 0.510 bits per heavy atom. The summed E-state index contributed by atoms with van der Waals surface area (Å²) in [5, 5.41) is 10.6. The molecule has 5 unspecified atom stereocenters. The van der Waals surface area contributed by atoms with Crippen LogP contribution in [0.5, 0.6) is 0 Å². The molecule has 0 fully saturated rings. The van der Waals surface area contributed by atoms with Gasteiger partial charge in [0.25, 0.3) is 0 Å². The van der Waals surface area contributed by atoms with Gasteiger partial charge in [-0.3, -0.25) is 37.3 Å². The van der Waals surface area contributed by atoms with Crippen LogP contribution in [0.2, 0.25) is 0 Å². The van der Waals surface area contributed by atoms with Crippen LogP contribution in [0.4, 0.5) is 0 Å². The van der Waals surface area contributed by atoms with Gasteiger partial charge < -0.3 is 33.8 Å². The summed E-state index contributed by atoms with van der Waals surface area (Å²) in [6.07, 6.45) is 81.8. The highest BCUT2D eigenvalue weighted by Gasteiger charge is 2.30. The van der Waals surface area contributed by atoms with Gasteiger partial charge in [-0.2, -0.15) is 0 Å². The van der Waals surface area contributed by atoms with Gasteiger partial charge in [0.1, 0.15) is 19.3 Å². The Bertz CT molecular complexity index is 2410. The van der Waals surface area contributed by atoms with Crippen molar-refractivity contribution >= 4 is 39.5 Å². The molecule has 19 heteroatoms. The SMILES string of the molecule is CC/C=C\C/C=C\C/C=C\C/C=C\C/C=C\CCCCCC(=O)OCC(COP(=O)(O)OCC(O)COP(=O)(O)OCC(COC(=O)CCCCCCCCC/C=C\C/C=C\C/C=C\CC)OC(=O)CCCCCCCCCCCCC)OC(=O)CCCCCCC/C=C\C/C=C\CCCCC. The number of aliphatic hydroxyl groups is 1. The van der Waals surface area contributed by atoms with Gasteiger partial charge in [-0.1, -0.05) is 284 Å². The second kappa shape index (κ2) is 74.7. The molecule has 0 aromatic carbocycles. The smallest absolute Gasteiger partial charge is 0.462 e. The average Bonchev–Trinajstić information content (AvgIpc) is 0.939. The molecule has 17 nitrogen and oxygen atoms in total. The van der Waals surface area contributed by atoms with Gasteiger partial charge in [0.2, 0.25) is 0 Å². The van der Waals surface area contributed by atoms with Crippen molar-refractivity contribution in [3.63, 3.8) is 0 Å². The lowest BCUT2D eigenvalue weighted by Crippen LogP contribution is -2.30. The fourth-order valence-electron chi connectivity index (χ4n) is 10.4. The lowest BCUT2D eigenvalue weighted by atomic mass is 10.1. The number of allylic oxidation sites excluding steroid dienone is 20. The number of ether oxygens (including phenoxy) is 4. The highest BCUT2D eigenvalue weighted by atomic mass is 31.2. The predicted molar refractivity (Wildman–Crippen MR) is 418 cm³/mol. The third-order valence-corrected chi connectivity index (χ3v) is 18.3. The van der Waals surface area contributed by atoms with Gasteiger partial charge in [0.05, 0.1) is 26.4 Å². The van der Waals surface area contributed by atoms with Crippen LogP contribution >= 0.6 is 15.6 Å². The van der Waals surface area contributed by atoms with Crippen molar-refractivity contribution in [3.8, 4) is 0 Å². The van der Waals surface area contributed by atoms with Crippen LogP contribution in [0.1, 0.15) is 323 Å². The van der Waals surface area contributed by atoms with E-state index in [4.69, 9.17) is 37.0 Å². The number of phosphoric acid groups is 2. The van der Waals surface area contributed by atoms with E-state index in [2.05, 4.69) is 149 Å². The van der Waals surface area contributed by atoms with Crippen LogP contribution in [0.25, 0.3) is 0 Å². The Labute approximate surface area is 619 Å². The van der Waals surface area contributed by atoms with Gasteiger partial charge in [-0.15, -0.1) is 0 Å². The minimum Gasteiger partial charge on any atom is -0.462 e. The summed E-state index contributed by atoms with van der Waals surface area (Å²) in [6, 6.07) is 0. The normalized spacial score (nSPS) is 14.5. The molecule has 0 aromatic heterocycles. The Balaban J connectivity index is 5.36. The number of hydrogen-bond donors (Lipinski definition) is 3. The van der Waals surface area contributed by atoms with Crippen LogP contribution in [0.3, 0.4) is 0 Å². The van der Waals surface area contributed by atoms with Crippen LogP contribution < -0.4 is 0 Å². The maximum absolute atomic E-state index is 13.1. The minimum atomic E-state index is -4.99. The van der Waals surface area contributed by atoms with Gasteiger partial charge in [0, 0.05) is 25.7 Å². The Kier molecular flexibility index (Phi) is 71.4. The quantitative estimate of drug-likeness (QED) is 0.0169. The van der Waals surface area contributed by atoms with Gasteiger partial charge >= 0.3 is 39.5 Å². The summed E-state index contributed by atoms with van der Waals surface area (Å²) in [4.78, 5) is 73.0. The Morgan fingerprint density at radius 3 is 0.814 bits per heavy atom. The first kappa shape index (κ1) is 97.5. The van der Waals surface area contributed by atoms with E-state index < -0.39 is 97.5 Å². The van der Waals surface area contributed by atoms with Crippen molar-refractivity contribution in [1.29, 1.82) is 0 Å². The molecule has 0 bridgehead atoms. The molecule has 0 saturated carbocycles. The summed E-state index contributed by atoms with van der Waals surface area (Å²) in [5.41, 5.74) is 0. The molecule has 0 spiro atoms. The fraction of sp³-hybridized carbons (Fsp3) is 0.711. The molecule has 0 aromatic rings. The number of unbranched alkanes of at least 4 members (excludes halogenated alkanes) is 28. The molecule has 0 heterocycles. The van der Waals surface area contributed by atoms with E-state index in [1.165, 1.54) is 57.8 Å². The molecule has 0 aliphatic carbocycles. The number of carbonyl (C=O) groups is 4. The van der Waals surface area contributed by atoms with Crippen molar-refractivity contribution in [2.45, 2.75) is 341 Å². The second-order valence-corrected chi connectivity index (χ2v) is 29.2. The highest BCUT2D eigenvalue weighted by molar-refractivity contribution is 7.47. The average molecular weight is 1470 g/mol. The Morgan fingerprint density at radius 1 is 0.284 bits per heavy atom. The van der Waals surface area contributed by atoms with E-state index >= 15 is 0 Å². The molecule has 0 rings (SSSR count). The molecule has 3 N–H and O–H groups in total. The molecule has 0 amide bonds. The fourth-order valence-corrected chi connectivity index (χ4v) is 12.0. The number of esters is 4. The molecule has 0 aliphatic heterocycles. The summed E-state index contributed by atoms with van der Waals surface area (Å²) in [5.74, 6) is -2.23. The molecule has 0 radical (unpaired) electrons. The van der Waals surface area contributed by atoms with Gasteiger partial charge in [-0.25, -0.2) is 9.13 Å². The molecule has 0 saturated heterocycles. The van der Waals surface area contributed by atoms with Crippen LogP contribution in [-0.4, -0.2) is 96.7 Å². The van der Waals surface area contributed by atoms with E-state index in [0.717, 1.165) is 186 Å². The number of aliphatic hydroxyl groups excluding tert-OH is 1. The van der Waals surface area contributed by atoms with Crippen molar-refractivity contribution in [1.82, 2.24) is 0 Å². The molecular formula is C83H142O17P2. The van der Waals surface area contributed by atoms with Crippen molar-refractivity contribution in [3.05, 3.63) is 122 Å². The summed E-state index contributed by atoms with van der Waals surface area (Å²) in [7, 11) is -9.97. The summed E-state index contributed by atoms with van der Waals surface area (Å²) >= 11 is 0. The maximum Gasteiger partial charge on any atom is 0.472 e. The lowest BCUT2D eigenvalue weighted by Gasteiger charge is -2.21. The van der Waals surface area contributed by atoms with Crippen LogP contribution in [0.15, 0.2) is 122 Å². The molecule has 102 heavy (non-hydrogen) atoms. The monoisotopic (exact) mass is 1470 g/mol. The van der Waals surface area contributed by atoms with E-state index in [9.17, 15) is 43.2 Å². The van der Waals surface area contributed by atoms with Crippen LogP contribution in [-0.2, 0) is 65.4 Å². The Hall–Kier alpha value is -4.54. The number of rotatable bonds is 74. The molecule has 5 atom stereocenters. The van der Waals surface area contributed by atoms with E-state index in [0.29, 0.717) is 25.7 Å². The number of hydrogen-bond acceptors (Lipinski definition) is 15. The predicted octanol–water partition coefficient (Wildman–Crippen LogP) is 23.1. The second-order valence-electron chi connectivity index (χ2n) is 26.2.